The Bertz CT molecular complexity index is 384. The normalized spacial score (nSPS) is 14.4. The minimum absolute atomic E-state index is 0.0158. The summed E-state index contributed by atoms with van der Waals surface area (Å²) >= 11 is 0. The van der Waals surface area contributed by atoms with E-state index in [4.69, 9.17) is 5.26 Å². The smallest absolute Gasteiger partial charge is 0.306 e. The second-order valence-electron chi connectivity index (χ2n) is 3.00. The maximum absolute atomic E-state index is 13.1. The number of nitriles is 1. The van der Waals surface area contributed by atoms with E-state index in [1.54, 1.807) is 6.07 Å². The number of alkyl halides is 3. The molecule has 5 heteroatoms. The molecular formula is C10H8F3NO. The maximum Gasteiger partial charge on any atom is 0.306 e. The van der Waals surface area contributed by atoms with Gasteiger partial charge in [-0.25, -0.2) is 8.78 Å². The second kappa shape index (κ2) is 4.22. The number of para-hydroxylation sites is 1. The highest BCUT2D eigenvalue weighted by molar-refractivity contribution is 5.42. The summed E-state index contributed by atoms with van der Waals surface area (Å²) in [6.45, 7) is 0.617. The topological polar surface area (TPSA) is 33.0 Å². The molecule has 1 unspecified atom stereocenters. The van der Waals surface area contributed by atoms with Gasteiger partial charge in [-0.2, -0.15) is 9.65 Å². The molecule has 1 atom stereocenters. The zero-order valence-corrected chi connectivity index (χ0v) is 7.88. The third-order valence-electron chi connectivity index (χ3n) is 1.71. The van der Waals surface area contributed by atoms with Crippen LogP contribution < -0.4 is 4.74 Å². The first-order valence-electron chi connectivity index (χ1n) is 4.12. The Morgan fingerprint density at radius 3 is 2.53 bits per heavy atom. The molecule has 0 aliphatic carbocycles. The minimum Gasteiger partial charge on any atom is -0.451 e. The Morgan fingerprint density at radius 1 is 1.40 bits per heavy atom. The molecule has 15 heavy (non-hydrogen) atoms. The quantitative estimate of drug-likeness (QED) is 0.776. The molecule has 0 bridgehead atoms. The van der Waals surface area contributed by atoms with Crippen LogP contribution in [-0.4, -0.2) is 12.3 Å². The molecule has 1 aromatic carbocycles. The summed E-state index contributed by atoms with van der Waals surface area (Å²) in [5.74, 6) is -3.28. The van der Waals surface area contributed by atoms with Crippen molar-refractivity contribution in [3.63, 3.8) is 0 Å². The van der Waals surface area contributed by atoms with Crippen molar-refractivity contribution in [3.05, 3.63) is 29.8 Å². The lowest BCUT2D eigenvalue weighted by Crippen LogP contribution is -2.35. The van der Waals surface area contributed by atoms with Gasteiger partial charge in [0.05, 0.1) is 5.56 Å². The number of rotatable bonds is 3. The van der Waals surface area contributed by atoms with Crippen molar-refractivity contribution in [2.45, 2.75) is 19.2 Å². The highest BCUT2D eigenvalue weighted by atomic mass is 19.3. The van der Waals surface area contributed by atoms with Crippen LogP contribution in [0, 0.1) is 11.3 Å². The summed E-state index contributed by atoms with van der Waals surface area (Å²) in [4.78, 5) is 0. The summed E-state index contributed by atoms with van der Waals surface area (Å²) in [6, 6.07) is 7.34. The lowest BCUT2D eigenvalue weighted by atomic mass is 10.2. The highest BCUT2D eigenvalue weighted by Crippen LogP contribution is 2.27. The van der Waals surface area contributed by atoms with Gasteiger partial charge in [0.15, 0.2) is 0 Å². The summed E-state index contributed by atoms with van der Waals surface area (Å²) in [5.41, 5.74) is 0.0158. The van der Waals surface area contributed by atoms with Crippen LogP contribution in [0.25, 0.3) is 0 Å². The third-order valence-corrected chi connectivity index (χ3v) is 1.71. The highest BCUT2D eigenvalue weighted by Gasteiger charge is 2.37. The molecule has 0 amide bonds. The molecule has 0 radical (unpaired) electrons. The van der Waals surface area contributed by atoms with Crippen molar-refractivity contribution in [1.82, 2.24) is 0 Å². The van der Waals surface area contributed by atoms with E-state index in [-0.39, 0.29) is 11.3 Å². The van der Waals surface area contributed by atoms with E-state index in [0.717, 1.165) is 0 Å². The Balaban J connectivity index is 2.95. The van der Waals surface area contributed by atoms with Crippen molar-refractivity contribution in [1.29, 1.82) is 5.26 Å². The molecule has 0 aliphatic rings. The first-order valence-corrected chi connectivity index (χ1v) is 4.12. The fourth-order valence-corrected chi connectivity index (χ4v) is 0.908. The van der Waals surface area contributed by atoms with Crippen LogP contribution in [0.15, 0.2) is 24.3 Å². The van der Waals surface area contributed by atoms with Crippen molar-refractivity contribution in [2.24, 2.45) is 0 Å². The van der Waals surface area contributed by atoms with Gasteiger partial charge >= 0.3 is 12.3 Å². The van der Waals surface area contributed by atoms with E-state index in [1.165, 1.54) is 24.3 Å². The number of nitrogens with zero attached hydrogens (tertiary/aromatic N) is 1. The number of benzene rings is 1. The molecule has 0 saturated carbocycles. The maximum atomic E-state index is 13.1. The van der Waals surface area contributed by atoms with Gasteiger partial charge in [-0.3, -0.25) is 0 Å². The van der Waals surface area contributed by atoms with Gasteiger partial charge < -0.3 is 4.74 Å². The lowest BCUT2D eigenvalue weighted by Gasteiger charge is -2.21. The van der Waals surface area contributed by atoms with Crippen LogP contribution >= 0.6 is 0 Å². The van der Waals surface area contributed by atoms with Gasteiger partial charge in [0.2, 0.25) is 0 Å². The largest absolute Gasteiger partial charge is 0.451 e. The van der Waals surface area contributed by atoms with Crippen molar-refractivity contribution in [3.8, 4) is 11.8 Å². The van der Waals surface area contributed by atoms with Crippen LogP contribution in [0.4, 0.5) is 13.2 Å². The average Bonchev–Trinajstić information content (AvgIpc) is 2.18. The zero-order chi connectivity index (χ0) is 11.5. The van der Waals surface area contributed by atoms with Crippen LogP contribution in [0.2, 0.25) is 0 Å². The molecule has 0 heterocycles. The van der Waals surface area contributed by atoms with Crippen molar-refractivity contribution < 1.29 is 17.9 Å². The van der Waals surface area contributed by atoms with Crippen molar-refractivity contribution in [2.75, 3.05) is 0 Å². The average molecular weight is 215 g/mol. The summed E-state index contributed by atoms with van der Waals surface area (Å²) in [6.07, 6.45) is -3.27. The molecule has 1 aromatic rings. The van der Waals surface area contributed by atoms with Gasteiger partial charge in [0, 0.05) is 6.92 Å². The monoisotopic (exact) mass is 215 g/mol. The Morgan fingerprint density at radius 2 is 2.00 bits per heavy atom. The predicted molar refractivity (Wildman–Crippen MR) is 47.3 cm³/mol. The number of ether oxygens (including phenoxy) is 1. The lowest BCUT2D eigenvalue weighted by molar-refractivity contribution is -0.152. The molecule has 0 fully saturated rings. The van der Waals surface area contributed by atoms with Gasteiger partial charge in [-0.05, 0) is 12.1 Å². The predicted octanol–water partition coefficient (Wildman–Crippen LogP) is 2.89. The minimum atomic E-state index is -3.27. The fraction of sp³-hybridized carbons (Fsp3) is 0.300. The van der Waals surface area contributed by atoms with Crippen LogP contribution in [-0.2, 0) is 0 Å². The molecule has 0 aromatic heterocycles. The van der Waals surface area contributed by atoms with Crippen molar-refractivity contribution >= 4 is 0 Å². The molecular weight excluding hydrogens is 207 g/mol. The molecule has 80 valence electrons. The van der Waals surface area contributed by atoms with E-state index in [2.05, 4.69) is 4.74 Å². The molecule has 0 spiro atoms. The fourth-order valence-electron chi connectivity index (χ4n) is 0.908. The molecule has 0 aliphatic heterocycles. The van der Waals surface area contributed by atoms with E-state index >= 15 is 0 Å². The molecule has 2 nitrogen and oxygen atoms in total. The SMILES string of the molecule is CC(F)(Oc1ccccc1C#N)C(F)F. The second-order valence-corrected chi connectivity index (χ2v) is 3.00. The Labute approximate surface area is 84.9 Å². The van der Waals surface area contributed by atoms with E-state index in [1.807, 2.05) is 0 Å². The first kappa shape index (κ1) is 11.4. The van der Waals surface area contributed by atoms with Crippen LogP contribution in [0.5, 0.6) is 5.75 Å². The molecule has 1 rings (SSSR count). The van der Waals surface area contributed by atoms with Gasteiger partial charge in [0.1, 0.15) is 11.8 Å². The Hall–Kier alpha value is -1.70. The van der Waals surface area contributed by atoms with E-state index in [0.29, 0.717) is 6.92 Å². The Kier molecular flexibility index (Phi) is 3.20. The molecule has 0 N–H and O–H groups in total. The van der Waals surface area contributed by atoms with Gasteiger partial charge in [0.25, 0.3) is 0 Å². The third kappa shape index (κ3) is 2.62. The van der Waals surface area contributed by atoms with Gasteiger partial charge in [-0.15, -0.1) is 0 Å². The molecule has 0 saturated heterocycles. The summed E-state index contributed by atoms with van der Waals surface area (Å²) in [5, 5.41) is 8.61. The first-order chi connectivity index (χ1) is 6.97. The number of halogens is 3. The summed E-state index contributed by atoms with van der Waals surface area (Å²) < 4.78 is 41.9. The summed E-state index contributed by atoms with van der Waals surface area (Å²) in [7, 11) is 0. The number of hydrogen-bond acceptors (Lipinski definition) is 2. The van der Waals surface area contributed by atoms with Crippen LogP contribution in [0.3, 0.4) is 0 Å². The number of hydrogen-bond donors (Lipinski definition) is 0. The standard InChI is InChI=1S/C10H8F3NO/c1-10(13,9(11)12)15-8-5-3-2-4-7(8)6-14/h2-5,9H,1H3. The van der Waals surface area contributed by atoms with Gasteiger partial charge in [-0.1, -0.05) is 12.1 Å². The van der Waals surface area contributed by atoms with E-state index < -0.39 is 12.3 Å². The van der Waals surface area contributed by atoms with E-state index in [9.17, 15) is 13.2 Å². The van der Waals surface area contributed by atoms with Crippen LogP contribution in [0.1, 0.15) is 12.5 Å². The zero-order valence-electron chi connectivity index (χ0n) is 7.88.